The van der Waals surface area contributed by atoms with Crippen molar-refractivity contribution in [2.24, 2.45) is 0 Å². The minimum absolute atomic E-state index is 0.572. The standard InChI is InChI=1S/C13H14F3N3/c1-2-3-4-11-9-19(18-17-11)12-7-5-10(6-8-12)13(14,15)16/h5-9H,2-4H2,1H3. The number of halogens is 3. The Hall–Kier alpha value is -1.85. The lowest BCUT2D eigenvalue weighted by Crippen LogP contribution is -2.05. The first kappa shape index (κ1) is 13.6. The summed E-state index contributed by atoms with van der Waals surface area (Å²) in [6, 6.07) is 4.87. The van der Waals surface area contributed by atoms with Gasteiger partial charge in [0.2, 0.25) is 0 Å². The number of benzene rings is 1. The highest BCUT2D eigenvalue weighted by molar-refractivity contribution is 5.34. The second-order valence-electron chi connectivity index (χ2n) is 4.30. The first-order chi connectivity index (χ1) is 9.00. The van der Waals surface area contributed by atoms with E-state index >= 15 is 0 Å². The molecule has 0 spiro atoms. The van der Waals surface area contributed by atoms with Crippen LogP contribution in [-0.2, 0) is 12.6 Å². The van der Waals surface area contributed by atoms with Crippen molar-refractivity contribution in [3.63, 3.8) is 0 Å². The number of hydrogen-bond acceptors (Lipinski definition) is 2. The van der Waals surface area contributed by atoms with Crippen LogP contribution in [0.25, 0.3) is 5.69 Å². The molecule has 0 aliphatic heterocycles. The van der Waals surface area contributed by atoms with Gasteiger partial charge in [-0.1, -0.05) is 18.6 Å². The third-order valence-corrected chi connectivity index (χ3v) is 2.79. The molecule has 0 aliphatic rings. The van der Waals surface area contributed by atoms with Crippen LogP contribution in [0.1, 0.15) is 31.0 Å². The average molecular weight is 269 g/mol. The van der Waals surface area contributed by atoms with Gasteiger partial charge in [0.25, 0.3) is 0 Å². The minimum Gasteiger partial charge on any atom is -0.220 e. The molecule has 0 saturated carbocycles. The van der Waals surface area contributed by atoms with Gasteiger partial charge in [0.1, 0.15) is 0 Å². The van der Waals surface area contributed by atoms with Gasteiger partial charge in [0, 0.05) is 0 Å². The summed E-state index contributed by atoms with van der Waals surface area (Å²) < 4.78 is 38.8. The Kier molecular flexibility index (Phi) is 3.87. The minimum atomic E-state index is -4.31. The molecule has 0 saturated heterocycles. The van der Waals surface area contributed by atoms with E-state index in [-0.39, 0.29) is 0 Å². The Morgan fingerprint density at radius 1 is 1.16 bits per heavy atom. The summed E-state index contributed by atoms with van der Waals surface area (Å²) in [5.74, 6) is 0. The molecule has 1 aromatic heterocycles. The Labute approximate surface area is 109 Å². The van der Waals surface area contributed by atoms with Crippen LogP contribution in [0.2, 0.25) is 0 Å². The highest BCUT2D eigenvalue weighted by Gasteiger charge is 2.30. The summed E-state index contributed by atoms with van der Waals surface area (Å²) >= 11 is 0. The number of alkyl halides is 3. The molecule has 2 rings (SSSR count). The van der Waals surface area contributed by atoms with Crippen molar-refractivity contribution in [2.45, 2.75) is 32.4 Å². The SMILES string of the molecule is CCCCc1cn(-c2ccc(C(F)(F)F)cc2)nn1. The molecule has 6 heteroatoms. The highest BCUT2D eigenvalue weighted by atomic mass is 19.4. The molecule has 0 N–H and O–H groups in total. The molecule has 2 aromatic rings. The van der Waals surface area contributed by atoms with E-state index in [4.69, 9.17) is 0 Å². The van der Waals surface area contributed by atoms with Gasteiger partial charge in [-0.2, -0.15) is 13.2 Å². The van der Waals surface area contributed by atoms with E-state index in [1.54, 1.807) is 6.20 Å². The van der Waals surface area contributed by atoms with Crippen molar-refractivity contribution in [3.8, 4) is 5.69 Å². The van der Waals surface area contributed by atoms with Gasteiger partial charge >= 0.3 is 6.18 Å². The van der Waals surface area contributed by atoms with E-state index in [1.165, 1.54) is 16.8 Å². The molecule has 1 heterocycles. The smallest absolute Gasteiger partial charge is 0.220 e. The monoisotopic (exact) mass is 269 g/mol. The van der Waals surface area contributed by atoms with Crippen molar-refractivity contribution < 1.29 is 13.2 Å². The van der Waals surface area contributed by atoms with Crippen LogP contribution in [-0.4, -0.2) is 15.0 Å². The predicted octanol–water partition coefficient (Wildman–Crippen LogP) is 3.63. The topological polar surface area (TPSA) is 30.7 Å². The molecular weight excluding hydrogens is 255 g/mol. The predicted molar refractivity (Wildman–Crippen MR) is 65.0 cm³/mol. The van der Waals surface area contributed by atoms with E-state index in [1.807, 2.05) is 0 Å². The summed E-state index contributed by atoms with van der Waals surface area (Å²) in [4.78, 5) is 0. The van der Waals surface area contributed by atoms with E-state index in [9.17, 15) is 13.2 Å². The molecule has 1 aromatic carbocycles. The van der Waals surface area contributed by atoms with Gasteiger partial charge in [0.05, 0.1) is 23.1 Å². The number of aryl methyl sites for hydroxylation is 1. The number of unbranched alkanes of at least 4 members (excludes halogenated alkanes) is 1. The zero-order valence-corrected chi connectivity index (χ0v) is 10.5. The normalized spacial score (nSPS) is 11.8. The van der Waals surface area contributed by atoms with Crippen LogP contribution in [0, 0.1) is 0 Å². The number of aromatic nitrogens is 3. The van der Waals surface area contributed by atoms with Crippen LogP contribution in [0.5, 0.6) is 0 Å². The van der Waals surface area contributed by atoms with E-state index in [2.05, 4.69) is 17.2 Å². The van der Waals surface area contributed by atoms with E-state index in [0.29, 0.717) is 5.69 Å². The second kappa shape index (κ2) is 5.42. The van der Waals surface area contributed by atoms with Crippen LogP contribution < -0.4 is 0 Å². The molecule has 0 aliphatic carbocycles. The molecule has 0 amide bonds. The Balaban J connectivity index is 2.16. The van der Waals surface area contributed by atoms with Crippen molar-refractivity contribution in [3.05, 3.63) is 41.7 Å². The highest BCUT2D eigenvalue weighted by Crippen LogP contribution is 2.29. The van der Waals surface area contributed by atoms with Crippen molar-refractivity contribution in [1.29, 1.82) is 0 Å². The summed E-state index contributed by atoms with van der Waals surface area (Å²) in [6.45, 7) is 2.08. The van der Waals surface area contributed by atoms with Crippen molar-refractivity contribution in [1.82, 2.24) is 15.0 Å². The number of hydrogen-bond donors (Lipinski definition) is 0. The zero-order valence-electron chi connectivity index (χ0n) is 10.5. The number of rotatable bonds is 4. The first-order valence-corrected chi connectivity index (χ1v) is 6.09. The summed E-state index contributed by atoms with van der Waals surface area (Å²) in [7, 11) is 0. The van der Waals surface area contributed by atoms with Gasteiger partial charge in [-0.3, -0.25) is 0 Å². The third kappa shape index (κ3) is 3.33. The molecule has 0 bridgehead atoms. The van der Waals surface area contributed by atoms with Crippen molar-refractivity contribution in [2.75, 3.05) is 0 Å². The molecule has 102 valence electrons. The zero-order chi connectivity index (χ0) is 13.9. The van der Waals surface area contributed by atoms with Crippen LogP contribution in [0.3, 0.4) is 0 Å². The van der Waals surface area contributed by atoms with Gasteiger partial charge in [-0.05, 0) is 37.1 Å². The third-order valence-electron chi connectivity index (χ3n) is 2.79. The van der Waals surface area contributed by atoms with Crippen LogP contribution >= 0.6 is 0 Å². The van der Waals surface area contributed by atoms with Gasteiger partial charge < -0.3 is 0 Å². The van der Waals surface area contributed by atoms with Gasteiger partial charge in [-0.15, -0.1) is 5.10 Å². The summed E-state index contributed by atoms with van der Waals surface area (Å²) in [5.41, 5.74) is 0.757. The summed E-state index contributed by atoms with van der Waals surface area (Å²) in [6.07, 6.45) is 0.349. The molecule has 3 nitrogen and oxygen atoms in total. The maximum Gasteiger partial charge on any atom is 0.416 e. The Bertz CT molecular complexity index is 529. The maximum absolute atomic E-state index is 12.4. The van der Waals surface area contributed by atoms with Crippen molar-refractivity contribution >= 4 is 0 Å². The lowest BCUT2D eigenvalue weighted by Gasteiger charge is -2.07. The quantitative estimate of drug-likeness (QED) is 0.848. The van der Waals surface area contributed by atoms with Gasteiger partial charge in [0.15, 0.2) is 0 Å². The maximum atomic E-state index is 12.4. The molecule has 0 atom stereocenters. The fourth-order valence-corrected chi connectivity index (χ4v) is 1.70. The fourth-order valence-electron chi connectivity index (χ4n) is 1.70. The Morgan fingerprint density at radius 2 is 1.84 bits per heavy atom. The molecule has 19 heavy (non-hydrogen) atoms. The largest absolute Gasteiger partial charge is 0.416 e. The molecular formula is C13H14F3N3. The number of nitrogens with zero attached hydrogens (tertiary/aromatic N) is 3. The van der Waals surface area contributed by atoms with Crippen LogP contribution in [0.15, 0.2) is 30.5 Å². The van der Waals surface area contributed by atoms with E-state index < -0.39 is 11.7 Å². The van der Waals surface area contributed by atoms with E-state index in [0.717, 1.165) is 37.1 Å². The summed E-state index contributed by atoms with van der Waals surface area (Å²) in [5, 5.41) is 7.91. The van der Waals surface area contributed by atoms with Gasteiger partial charge in [-0.25, -0.2) is 4.68 Å². The second-order valence-corrected chi connectivity index (χ2v) is 4.30. The molecule has 0 unspecified atom stereocenters. The average Bonchev–Trinajstić information content (AvgIpc) is 2.84. The van der Waals surface area contributed by atoms with Crippen LogP contribution in [0.4, 0.5) is 13.2 Å². The molecule has 0 radical (unpaired) electrons. The molecule has 0 fully saturated rings. The lowest BCUT2D eigenvalue weighted by atomic mass is 10.2. The lowest BCUT2D eigenvalue weighted by molar-refractivity contribution is -0.137. The Morgan fingerprint density at radius 3 is 2.42 bits per heavy atom. The fraction of sp³-hybridized carbons (Fsp3) is 0.385. The first-order valence-electron chi connectivity index (χ1n) is 6.09.